The maximum absolute atomic E-state index is 2.54. The van der Waals surface area contributed by atoms with E-state index in [2.05, 4.69) is 169 Å². The zero-order valence-corrected chi connectivity index (χ0v) is 31.3. The van der Waals surface area contributed by atoms with Crippen LogP contribution in [0.25, 0.3) is 23.3 Å². The lowest BCUT2D eigenvalue weighted by Crippen LogP contribution is -2.24. The maximum Gasteiger partial charge on any atom is 0.0443 e. The normalized spacial score (nSPS) is 15.6. The summed E-state index contributed by atoms with van der Waals surface area (Å²) < 4.78 is 0. The molecule has 9 rings (SSSR count). The molecule has 0 bridgehead atoms. The van der Waals surface area contributed by atoms with Gasteiger partial charge >= 0.3 is 0 Å². The van der Waals surface area contributed by atoms with E-state index < -0.39 is 0 Å². The summed E-state index contributed by atoms with van der Waals surface area (Å²) >= 11 is 0. The molecule has 3 aliphatic rings. The Morgan fingerprint density at radius 1 is 0.509 bits per heavy atom. The lowest BCUT2D eigenvalue weighted by atomic mass is 9.73. The van der Waals surface area contributed by atoms with Crippen molar-refractivity contribution in [2.45, 2.75) is 70.6 Å². The van der Waals surface area contributed by atoms with Crippen molar-refractivity contribution in [1.82, 2.24) is 0 Å². The van der Waals surface area contributed by atoms with Gasteiger partial charge in [0.1, 0.15) is 0 Å². The molecule has 53 heavy (non-hydrogen) atoms. The average Bonchev–Trinajstić information content (AvgIpc) is 3.50. The molecule has 0 atom stereocenters. The van der Waals surface area contributed by atoms with Crippen LogP contribution < -0.4 is 9.80 Å². The largest absolute Gasteiger partial charge is 0.341 e. The van der Waals surface area contributed by atoms with Gasteiger partial charge in [-0.15, -0.1) is 0 Å². The van der Waals surface area contributed by atoms with Crippen LogP contribution in [0, 0.1) is 0 Å². The van der Waals surface area contributed by atoms with E-state index in [-0.39, 0.29) is 5.41 Å². The third-order valence-electron chi connectivity index (χ3n) is 12.5. The lowest BCUT2D eigenvalue weighted by Gasteiger charge is -2.31. The summed E-state index contributed by atoms with van der Waals surface area (Å²) in [5.74, 6) is 0. The highest BCUT2D eigenvalue weighted by Gasteiger charge is 2.40. The van der Waals surface area contributed by atoms with Crippen LogP contribution in [-0.4, -0.2) is 13.1 Å². The fourth-order valence-corrected chi connectivity index (χ4v) is 9.52. The maximum atomic E-state index is 2.54. The summed E-state index contributed by atoms with van der Waals surface area (Å²) in [4.78, 5) is 4.96. The average molecular weight is 691 g/mol. The molecule has 0 spiro atoms. The second-order valence-electron chi connectivity index (χ2n) is 15.3. The van der Waals surface area contributed by atoms with E-state index in [9.17, 15) is 0 Å². The number of aryl methyl sites for hydroxylation is 4. The lowest BCUT2D eigenvalue weighted by molar-refractivity contribution is 0.490. The van der Waals surface area contributed by atoms with E-state index in [1.165, 1.54) is 104 Å². The first-order chi connectivity index (χ1) is 26.1. The summed E-state index contributed by atoms with van der Waals surface area (Å²) in [6.07, 6.45) is 13.6. The molecule has 0 N–H and O–H groups in total. The molecule has 6 aromatic carbocycles. The van der Waals surface area contributed by atoms with Gasteiger partial charge in [-0.3, -0.25) is 0 Å². The molecule has 0 unspecified atom stereocenters. The molecule has 6 aromatic rings. The van der Waals surface area contributed by atoms with E-state index in [4.69, 9.17) is 0 Å². The predicted molar refractivity (Wildman–Crippen MR) is 226 cm³/mol. The smallest absolute Gasteiger partial charge is 0.0443 e. The molecule has 264 valence electrons. The zero-order valence-electron chi connectivity index (χ0n) is 31.3. The highest BCUT2D eigenvalue weighted by atomic mass is 15.1. The van der Waals surface area contributed by atoms with Crippen LogP contribution in [0.3, 0.4) is 0 Å². The Balaban J connectivity index is 0.904. The molecule has 2 aliphatic heterocycles. The van der Waals surface area contributed by atoms with Gasteiger partial charge in [0.05, 0.1) is 0 Å². The van der Waals surface area contributed by atoms with Crippen LogP contribution >= 0.6 is 0 Å². The van der Waals surface area contributed by atoms with Crippen LogP contribution in [0.2, 0.25) is 0 Å². The number of benzene rings is 6. The number of rotatable bonds is 9. The minimum Gasteiger partial charge on any atom is -0.341 e. The Labute approximate surface area is 316 Å². The third kappa shape index (κ3) is 6.19. The molecule has 0 fully saturated rings. The van der Waals surface area contributed by atoms with Crippen LogP contribution in [0.4, 0.5) is 22.7 Å². The number of anilines is 4. The Bertz CT molecular complexity index is 2270. The summed E-state index contributed by atoms with van der Waals surface area (Å²) in [6.45, 7) is 6.92. The third-order valence-corrected chi connectivity index (χ3v) is 12.5. The second kappa shape index (κ2) is 14.2. The fraction of sp³-hybridized carbons (Fsp3) is 0.255. The summed E-state index contributed by atoms with van der Waals surface area (Å²) in [6, 6.07) is 50.6. The van der Waals surface area contributed by atoms with Gasteiger partial charge in [-0.1, -0.05) is 123 Å². The standard InChI is InChI=1S/C51H50N2/c1-3-51(4-2)47-35-39(19-17-37-21-27-43(28-22-37)52-33-9-13-41-11-5-7-15-49(41)52)25-31-45(47)46-32-26-40(36-48(46)51)20-18-38-23-29-44(30-24-38)53-34-10-14-42-12-6-8-16-50(42)53/h5-8,11-12,15-17,19,21-32,35-36H,3-4,9-10,13-14,18,20,33-34H2,1-2H3/b19-17+. The van der Waals surface area contributed by atoms with Gasteiger partial charge in [0.2, 0.25) is 0 Å². The van der Waals surface area contributed by atoms with E-state index in [0.717, 1.165) is 38.8 Å². The van der Waals surface area contributed by atoms with E-state index in [1.807, 2.05) is 0 Å². The zero-order chi connectivity index (χ0) is 35.8. The highest BCUT2D eigenvalue weighted by molar-refractivity contribution is 5.84. The molecule has 0 saturated carbocycles. The molecule has 0 radical (unpaired) electrons. The van der Waals surface area contributed by atoms with Crippen LogP contribution in [0.15, 0.2) is 133 Å². The van der Waals surface area contributed by atoms with Crippen molar-refractivity contribution >= 4 is 34.9 Å². The van der Waals surface area contributed by atoms with Crippen molar-refractivity contribution in [3.63, 3.8) is 0 Å². The Morgan fingerprint density at radius 3 is 1.62 bits per heavy atom. The molecule has 2 heteroatoms. The number of para-hydroxylation sites is 2. The Hall–Kier alpha value is -5.34. The Kier molecular flexibility index (Phi) is 9.00. The quantitative estimate of drug-likeness (QED) is 0.139. The first-order valence-corrected chi connectivity index (χ1v) is 20.0. The number of fused-ring (bicyclic) bond motifs is 5. The van der Waals surface area contributed by atoms with Crippen molar-refractivity contribution in [3.05, 3.63) is 178 Å². The van der Waals surface area contributed by atoms with Gasteiger partial charge < -0.3 is 9.80 Å². The van der Waals surface area contributed by atoms with Gasteiger partial charge in [-0.25, -0.2) is 0 Å². The van der Waals surface area contributed by atoms with Crippen molar-refractivity contribution in [1.29, 1.82) is 0 Å². The predicted octanol–water partition coefficient (Wildman–Crippen LogP) is 12.9. The monoisotopic (exact) mass is 690 g/mol. The molecular weight excluding hydrogens is 641 g/mol. The number of hydrogen-bond donors (Lipinski definition) is 0. The molecule has 0 aromatic heterocycles. The minimum atomic E-state index is 0.0449. The van der Waals surface area contributed by atoms with Gasteiger partial charge in [-0.05, 0) is 143 Å². The van der Waals surface area contributed by atoms with Crippen LogP contribution in [-0.2, 0) is 31.1 Å². The van der Waals surface area contributed by atoms with Crippen molar-refractivity contribution in [2.75, 3.05) is 22.9 Å². The molecule has 0 amide bonds. The molecule has 2 heterocycles. The van der Waals surface area contributed by atoms with Gasteiger partial charge in [-0.2, -0.15) is 0 Å². The van der Waals surface area contributed by atoms with Gasteiger partial charge in [0.25, 0.3) is 0 Å². The SMILES string of the molecule is CCC1(CC)c2cc(/C=C/c3ccc(N4CCCc5ccccc54)cc3)ccc2-c2ccc(CCc3ccc(N4CCCc5ccccc54)cc3)cc21. The van der Waals surface area contributed by atoms with Crippen molar-refractivity contribution in [2.24, 2.45) is 0 Å². The first kappa shape index (κ1) is 33.5. The first-order valence-electron chi connectivity index (χ1n) is 20.0. The van der Waals surface area contributed by atoms with E-state index in [0.29, 0.717) is 0 Å². The van der Waals surface area contributed by atoms with Gasteiger partial charge in [0.15, 0.2) is 0 Å². The van der Waals surface area contributed by atoms with Crippen LogP contribution in [0.1, 0.15) is 84.0 Å². The second-order valence-corrected chi connectivity index (χ2v) is 15.3. The van der Waals surface area contributed by atoms with Gasteiger partial charge in [0, 0.05) is 41.3 Å². The number of nitrogens with zero attached hydrogens (tertiary/aromatic N) is 2. The topological polar surface area (TPSA) is 6.48 Å². The minimum absolute atomic E-state index is 0.0449. The molecule has 0 saturated heterocycles. The highest BCUT2D eigenvalue weighted by Crippen LogP contribution is 2.53. The number of hydrogen-bond acceptors (Lipinski definition) is 2. The van der Waals surface area contributed by atoms with E-state index >= 15 is 0 Å². The fourth-order valence-electron chi connectivity index (χ4n) is 9.52. The molecular formula is C51H50N2. The summed E-state index contributed by atoms with van der Waals surface area (Å²) in [7, 11) is 0. The molecule has 1 aliphatic carbocycles. The van der Waals surface area contributed by atoms with Crippen LogP contribution in [0.5, 0.6) is 0 Å². The molecule has 2 nitrogen and oxygen atoms in total. The Morgan fingerprint density at radius 2 is 1.00 bits per heavy atom. The summed E-state index contributed by atoms with van der Waals surface area (Å²) in [5.41, 5.74) is 19.5. The summed E-state index contributed by atoms with van der Waals surface area (Å²) in [5, 5.41) is 0. The van der Waals surface area contributed by atoms with Crippen molar-refractivity contribution < 1.29 is 0 Å². The van der Waals surface area contributed by atoms with E-state index in [1.54, 1.807) is 0 Å². The van der Waals surface area contributed by atoms with Crippen molar-refractivity contribution in [3.8, 4) is 11.1 Å².